The third-order valence-electron chi connectivity index (χ3n) is 3.57. The average molecular weight is 391 g/mol. The van der Waals surface area contributed by atoms with Gasteiger partial charge >= 0.3 is 0 Å². The summed E-state index contributed by atoms with van der Waals surface area (Å²) >= 11 is 5.82. The molecule has 27 heavy (non-hydrogen) atoms. The van der Waals surface area contributed by atoms with E-state index < -0.39 is 16.6 Å². The van der Waals surface area contributed by atoms with Crippen LogP contribution < -0.4 is 5.32 Å². The van der Waals surface area contributed by atoms with Crippen LogP contribution >= 0.6 is 11.6 Å². The van der Waals surface area contributed by atoms with Gasteiger partial charge in [0, 0.05) is 35.6 Å². The number of nitro groups is 1. The Morgan fingerprint density at radius 3 is 2.70 bits per heavy atom. The average Bonchev–Trinajstić information content (AvgIpc) is 3.11. The van der Waals surface area contributed by atoms with Crippen molar-refractivity contribution in [3.05, 3.63) is 69.3 Å². The monoisotopic (exact) mass is 390 g/mol. The van der Waals surface area contributed by atoms with Crippen LogP contribution in [0, 0.1) is 15.9 Å². The predicted molar refractivity (Wildman–Crippen MR) is 94.7 cm³/mol. The number of carbonyl (C=O) groups is 1. The molecule has 8 nitrogen and oxygen atoms in total. The molecule has 0 fully saturated rings. The number of nitrogens with one attached hydrogen (secondary N) is 1. The Labute approximate surface area is 157 Å². The zero-order valence-electron chi connectivity index (χ0n) is 13.7. The van der Waals surface area contributed by atoms with E-state index in [4.69, 9.17) is 16.1 Å². The molecule has 0 radical (unpaired) electrons. The van der Waals surface area contributed by atoms with Crippen molar-refractivity contribution in [2.45, 2.75) is 12.8 Å². The van der Waals surface area contributed by atoms with Crippen LogP contribution in [0.2, 0.25) is 5.02 Å². The van der Waals surface area contributed by atoms with Crippen molar-refractivity contribution in [2.24, 2.45) is 0 Å². The fraction of sp³-hybridized carbons (Fsp3) is 0.118. The standard InChI is InChI=1S/C17H12ClFN4O4/c18-11-3-1-10(2-4-11)17-21-16(27-22-17)8-7-15(24)20-14-9-12(23(25)26)5-6-13(14)19/h1-6,9H,7-8H2,(H,20,24). The molecule has 0 saturated heterocycles. The summed E-state index contributed by atoms with van der Waals surface area (Å²) in [7, 11) is 0. The van der Waals surface area contributed by atoms with Gasteiger partial charge in [-0.15, -0.1) is 0 Å². The molecule has 0 aliphatic carbocycles. The number of aromatic nitrogens is 2. The Kier molecular flexibility index (Phi) is 5.41. The summed E-state index contributed by atoms with van der Waals surface area (Å²) in [5, 5.41) is 17.4. The van der Waals surface area contributed by atoms with Crippen LogP contribution in [0.3, 0.4) is 0 Å². The largest absolute Gasteiger partial charge is 0.339 e. The Bertz CT molecular complexity index is 991. The van der Waals surface area contributed by atoms with E-state index in [0.717, 1.165) is 18.2 Å². The quantitative estimate of drug-likeness (QED) is 0.502. The van der Waals surface area contributed by atoms with E-state index in [-0.39, 0.29) is 30.1 Å². The van der Waals surface area contributed by atoms with Gasteiger partial charge in [0.2, 0.25) is 17.6 Å². The number of anilines is 1. The van der Waals surface area contributed by atoms with Gasteiger partial charge in [-0.3, -0.25) is 14.9 Å². The molecule has 0 saturated carbocycles. The molecule has 0 aliphatic rings. The second kappa shape index (κ2) is 7.92. The molecule has 3 aromatic rings. The van der Waals surface area contributed by atoms with Gasteiger partial charge in [-0.1, -0.05) is 16.8 Å². The maximum Gasteiger partial charge on any atom is 0.271 e. The molecule has 0 bridgehead atoms. The van der Waals surface area contributed by atoms with Crippen molar-refractivity contribution in [1.82, 2.24) is 10.1 Å². The van der Waals surface area contributed by atoms with E-state index in [9.17, 15) is 19.3 Å². The molecule has 0 atom stereocenters. The van der Waals surface area contributed by atoms with Gasteiger partial charge in [0.25, 0.3) is 5.69 Å². The number of non-ortho nitro benzene ring substituents is 1. The van der Waals surface area contributed by atoms with Crippen LogP contribution in [0.15, 0.2) is 47.0 Å². The van der Waals surface area contributed by atoms with E-state index in [0.29, 0.717) is 16.4 Å². The van der Waals surface area contributed by atoms with Gasteiger partial charge < -0.3 is 9.84 Å². The Balaban J connectivity index is 1.61. The predicted octanol–water partition coefficient (Wildman–Crippen LogP) is 4.01. The van der Waals surface area contributed by atoms with Crippen molar-refractivity contribution in [1.29, 1.82) is 0 Å². The van der Waals surface area contributed by atoms with E-state index in [1.165, 1.54) is 0 Å². The fourth-order valence-electron chi connectivity index (χ4n) is 2.23. The summed E-state index contributed by atoms with van der Waals surface area (Å²) in [5.41, 5.74) is 0.121. The van der Waals surface area contributed by atoms with Crippen LogP contribution in [0.25, 0.3) is 11.4 Å². The zero-order chi connectivity index (χ0) is 19.4. The first-order valence-corrected chi connectivity index (χ1v) is 8.12. The summed E-state index contributed by atoms with van der Waals surface area (Å²) in [4.78, 5) is 26.2. The summed E-state index contributed by atoms with van der Waals surface area (Å²) in [5.74, 6) is -0.723. The normalized spacial score (nSPS) is 10.6. The van der Waals surface area contributed by atoms with Crippen LogP contribution in [0.1, 0.15) is 12.3 Å². The number of aryl methyl sites for hydroxylation is 1. The van der Waals surface area contributed by atoms with Crippen molar-refractivity contribution >= 4 is 28.9 Å². The number of nitro benzene ring substituents is 1. The number of nitrogens with zero attached hydrogens (tertiary/aromatic N) is 3. The molecule has 10 heteroatoms. The summed E-state index contributed by atoms with van der Waals surface area (Å²) < 4.78 is 18.8. The minimum Gasteiger partial charge on any atom is -0.339 e. The number of amides is 1. The maximum absolute atomic E-state index is 13.7. The van der Waals surface area contributed by atoms with Crippen molar-refractivity contribution in [3.63, 3.8) is 0 Å². The molecule has 1 aromatic heterocycles. The molecule has 1 amide bonds. The van der Waals surface area contributed by atoms with Crippen molar-refractivity contribution < 1.29 is 18.6 Å². The Morgan fingerprint density at radius 2 is 2.00 bits per heavy atom. The second-order valence-electron chi connectivity index (χ2n) is 5.49. The molecule has 0 spiro atoms. The highest BCUT2D eigenvalue weighted by atomic mass is 35.5. The highest BCUT2D eigenvalue weighted by Gasteiger charge is 2.15. The number of benzene rings is 2. The van der Waals surface area contributed by atoms with Gasteiger partial charge in [-0.2, -0.15) is 4.98 Å². The third kappa shape index (κ3) is 4.64. The van der Waals surface area contributed by atoms with Gasteiger partial charge in [-0.05, 0) is 30.3 Å². The Morgan fingerprint density at radius 1 is 1.26 bits per heavy atom. The van der Waals surface area contributed by atoms with Crippen LogP contribution in [-0.2, 0) is 11.2 Å². The van der Waals surface area contributed by atoms with Crippen LogP contribution in [0.4, 0.5) is 15.8 Å². The molecular weight excluding hydrogens is 379 g/mol. The van der Waals surface area contributed by atoms with Gasteiger partial charge in [0.05, 0.1) is 10.6 Å². The van der Waals surface area contributed by atoms with Crippen LogP contribution in [0.5, 0.6) is 0 Å². The maximum atomic E-state index is 13.7. The number of rotatable bonds is 6. The zero-order valence-corrected chi connectivity index (χ0v) is 14.4. The van der Waals surface area contributed by atoms with Crippen molar-refractivity contribution in [2.75, 3.05) is 5.32 Å². The Hall–Kier alpha value is -3.33. The molecular formula is C17H12ClFN4O4. The molecule has 2 aromatic carbocycles. The number of hydrogen-bond donors (Lipinski definition) is 1. The van der Waals surface area contributed by atoms with Gasteiger partial charge in [0.1, 0.15) is 5.82 Å². The first kappa shape index (κ1) is 18.5. The lowest BCUT2D eigenvalue weighted by molar-refractivity contribution is -0.384. The molecule has 0 unspecified atom stereocenters. The summed E-state index contributed by atoms with van der Waals surface area (Å²) in [6.45, 7) is 0. The SMILES string of the molecule is O=C(CCc1nc(-c2ccc(Cl)cc2)no1)Nc1cc([N+](=O)[O-])ccc1F. The van der Waals surface area contributed by atoms with Crippen molar-refractivity contribution in [3.8, 4) is 11.4 Å². The first-order valence-electron chi connectivity index (χ1n) is 7.74. The van der Waals surface area contributed by atoms with Crippen LogP contribution in [-0.4, -0.2) is 21.0 Å². The second-order valence-corrected chi connectivity index (χ2v) is 5.92. The minimum absolute atomic E-state index is 0.0651. The highest BCUT2D eigenvalue weighted by molar-refractivity contribution is 6.30. The van der Waals surface area contributed by atoms with Gasteiger partial charge in [-0.25, -0.2) is 4.39 Å². The van der Waals surface area contributed by atoms with E-state index in [2.05, 4.69) is 15.5 Å². The molecule has 0 aliphatic heterocycles. The lowest BCUT2D eigenvalue weighted by Crippen LogP contribution is -2.13. The molecule has 1 heterocycles. The van der Waals surface area contributed by atoms with E-state index >= 15 is 0 Å². The fourth-order valence-corrected chi connectivity index (χ4v) is 2.35. The third-order valence-corrected chi connectivity index (χ3v) is 3.82. The lowest BCUT2D eigenvalue weighted by atomic mass is 10.2. The topological polar surface area (TPSA) is 111 Å². The molecule has 1 N–H and O–H groups in total. The number of carbonyl (C=O) groups excluding carboxylic acids is 1. The van der Waals surface area contributed by atoms with E-state index in [1.54, 1.807) is 24.3 Å². The first-order chi connectivity index (χ1) is 12.9. The summed E-state index contributed by atoms with van der Waals surface area (Å²) in [6.07, 6.45) is 0.0628. The minimum atomic E-state index is -0.767. The molecule has 3 rings (SSSR count). The number of hydrogen-bond acceptors (Lipinski definition) is 6. The smallest absolute Gasteiger partial charge is 0.271 e. The number of halogens is 2. The summed E-state index contributed by atoms with van der Waals surface area (Å²) in [6, 6.07) is 9.73. The highest BCUT2D eigenvalue weighted by Crippen LogP contribution is 2.22. The van der Waals surface area contributed by atoms with Gasteiger partial charge in [0.15, 0.2) is 0 Å². The lowest BCUT2D eigenvalue weighted by Gasteiger charge is -2.05. The van der Waals surface area contributed by atoms with E-state index in [1.807, 2.05) is 0 Å². The molecule has 138 valence electrons.